The molecule has 0 unspecified atom stereocenters. The molecule has 4 rings (SSSR count). The van der Waals surface area contributed by atoms with Crippen molar-refractivity contribution in [2.45, 2.75) is 32.4 Å². The van der Waals surface area contributed by atoms with Gasteiger partial charge >= 0.3 is 5.69 Å². The van der Waals surface area contributed by atoms with E-state index >= 15 is 0 Å². The van der Waals surface area contributed by atoms with Gasteiger partial charge in [0.2, 0.25) is 5.82 Å². The number of imidazole rings is 1. The predicted molar refractivity (Wildman–Crippen MR) is 107 cm³/mol. The lowest BCUT2D eigenvalue weighted by atomic mass is 10.2. The first-order valence-corrected chi connectivity index (χ1v) is 9.50. The minimum atomic E-state index is -0.372. The molecule has 3 heterocycles. The Bertz CT molecular complexity index is 1250. The molecule has 0 aliphatic rings. The SMILES string of the molecule is Cn1c(=O)c2c(ncn2CCCCCn2nnc(-c3ccccc3)n2)n(C)c1=O. The molecule has 10 nitrogen and oxygen atoms in total. The largest absolute Gasteiger partial charge is 0.332 e. The van der Waals surface area contributed by atoms with E-state index in [1.54, 1.807) is 18.2 Å². The summed E-state index contributed by atoms with van der Waals surface area (Å²) in [5.74, 6) is 0.622. The molecular weight excluding hydrogens is 372 g/mol. The van der Waals surface area contributed by atoms with E-state index in [2.05, 4.69) is 20.4 Å². The van der Waals surface area contributed by atoms with E-state index in [9.17, 15) is 9.59 Å². The first kappa shape index (κ1) is 18.8. The summed E-state index contributed by atoms with van der Waals surface area (Å²) in [6.45, 7) is 1.34. The van der Waals surface area contributed by atoms with Crippen molar-refractivity contribution in [1.82, 2.24) is 38.9 Å². The molecule has 150 valence electrons. The third-order valence-corrected chi connectivity index (χ3v) is 4.96. The lowest BCUT2D eigenvalue weighted by Gasteiger charge is -2.06. The first-order valence-electron chi connectivity index (χ1n) is 9.50. The smallest absolute Gasteiger partial charge is 0.325 e. The molecule has 3 aromatic heterocycles. The van der Waals surface area contributed by atoms with Crippen LogP contribution < -0.4 is 11.2 Å². The van der Waals surface area contributed by atoms with Gasteiger partial charge < -0.3 is 4.57 Å². The van der Waals surface area contributed by atoms with Gasteiger partial charge in [-0.3, -0.25) is 13.9 Å². The molecule has 0 saturated heterocycles. The van der Waals surface area contributed by atoms with Crippen LogP contribution in [0.3, 0.4) is 0 Å². The van der Waals surface area contributed by atoms with Gasteiger partial charge in [-0.2, -0.15) is 4.80 Å². The minimum absolute atomic E-state index is 0.319. The average molecular weight is 394 g/mol. The van der Waals surface area contributed by atoms with E-state index in [0.717, 1.165) is 29.4 Å². The number of rotatable bonds is 7. The van der Waals surface area contributed by atoms with Crippen LogP contribution in [0.25, 0.3) is 22.6 Å². The van der Waals surface area contributed by atoms with Gasteiger partial charge in [0.25, 0.3) is 5.56 Å². The molecule has 0 atom stereocenters. The number of benzene rings is 1. The molecule has 0 spiro atoms. The normalized spacial score (nSPS) is 11.4. The number of unbranched alkanes of at least 4 members (excludes halogenated alkanes) is 2. The average Bonchev–Trinajstić information content (AvgIpc) is 3.38. The molecule has 10 heteroatoms. The third kappa shape index (κ3) is 3.60. The fourth-order valence-electron chi connectivity index (χ4n) is 3.32. The number of fused-ring (bicyclic) bond motifs is 1. The molecule has 0 saturated carbocycles. The van der Waals surface area contributed by atoms with Crippen LogP contribution in [-0.4, -0.2) is 38.9 Å². The highest BCUT2D eigenvalue weighted by Gasteiger charge is 2.13. The summed E-state index contributed by atoms with van der Waals surface area (Å²) in [6, 6.07) is 9.75. The maximum atomic E-state index is 12.4. The molecule has 0 fully saturated rings. The quantitative estimate of drug-likeness (QED) is 0.432. The molecular formula is C19H22N8O2. The van der Waals surface area contributed by atoms with E-state index in [-0.39, 0.29) is 11.2 Å². The van der Waals surface area contributed by atoms with E-state index < -0.39 is 0 Å². The van der Waals surface area contributed by atoms with Crippen molar-refractivity contribution in [3.63, 3.8) is 0 Å². The predicted octanol–water partition coefficient (Wildman–Crippen LogP) is 0.958. The zero-order valence-electron chi connectivity index (χ0n) is 16.4. The fraction of sp³-hybridized carbons (Fsp3) is 0.368. The maximum Gasteiger partial charge on any atom is 0.332 e. The third-order valence-electron chi connectivity index (χ3n) is 4.96. The molecule has 0 aliphatic heterocycles. The van der Waals surface area contributed by atoms with Gasteiger partial charge in [0, 0.05) is 26.2 Å². The van der Waals surface area contributed by atoms with Crippen molar-refractivity contribution in [2.24, 2.45) is 14.1 Å². The van der Waals surface area contributed by atoms with Crippen LogP contribution in [0.2, 0.25) is 0 Å². The summed E-state index contributed by atoms with van der Waals surface area (Å²) in [6.07, 6.45) is 4.33. The van der Waals surface area contributed by atoms with Gasteiger partial charge in [0.05, 0.1) is 12.9 Å². The number of aryl methyl sites for hydroxylation is 3. The highest BCUT2D eigenvalue weighted by atomic mass is 16.2. The van der Waals surface area contributed by atoms with Gasteiger partial charge in [-0.1, -0.05) is 30.3 Å². The second kappa shape index (κ2) is 7.82. The molecule has 1 aromatic carbocycles. The molecule has 29 heavy (non-hydrogen) atoms. The first-order chi connectivity index (χ1) is 14.1. The van der Waals surface area contributed by atoms with Gasteiger partial charge in [0.1, 0.15) is 0 Å². The van der Waals surface area contributed by atoms with Crippen LogP contribution in [0.4, 0.5) is 0 Å². The van der Waals surface area contributed by atoms with Crippen molar-refractivity contribution < 1.29 is 0 Å². The van der Waals surface area contributed by atoms with E-state index in [1.807, 2.05) is 34.9 Å². The van der Waals surface area contributed by atoms with Crippen molar-refractivity contribution >= 4 is 11.2 Å². The zero-order chi connectivity index (χ0) is 20.4. The monoisotopic (exact) mass is 394 g/mol. The number of hydrogen-bond acceptors (Lipinski definition) is 6. The minimum Gasteiger partial charge on any atom is -0.325 e. The van der Waals surface area contributed by atoms with Gasteiger partial charge in [-0.15, -0.1) is 10.2 Å². The van der Waals surface area contributed by atoms with E-state index in [4.69, 9.17) is 0 Å². The second-order valence-corrected chi connectivity index (χ2v) is 6.95. The maximum absolute atomic E-state index is 12.4. The summed E-state index contributed by atoms with van der Waals surface area (Å²) in [5.41, 5.74) is 1.13. The Kier molecular flexibility index (Phi) is 5.07. The number of aromatic nitrogens is 8. The topological polar surface area (TPSA) is 105 Å². The Hall–Kier alpha value is -3.56. The van der Waals surface area contributed by atoms with Crippen LogP contribution in [-0.2, 0) is 27.2 Å². The van der Waals surface area contributed by atoms with Crippen molar-refractivity contribution in [3.05, 3.63) is 57.5 Å². The van der Waals surface area contributed by atoms with Gasteiger partial charge in [-0.25, -0.2) is 9.78 Å². The molecule has 4 aromatic rings. The van der Waals surface area contributed by atoms with Crippen molar-refractivity contribution in [1.29, 1.82) is 0 Å². The molecule has 0 amide bonds. The Balaban J connectivity index is 1.34. The summed E-state index contributed by atoms with van der Waals surface area (Å²) >= 11 is 0. The molecule has 0 bridgehead atoms. The van der Waals surface area contributed by atoms with Crippen molar-refractivity contribution in [3.8, 4) is 11.4 Å². The van der Waals surface area contributed by atoms with E-state index in [0.29, 0.717) is 30.1 Å². The Morgan fingerprint density at radius 3 is 2.48 bits per heavy atom. The standard InChI is InChI=1S/C19H22N8O2/c1-24-17-15(18(28)25(2)19(24)29)26(13-20-17)11-7-4-8-12-27-22-16(21-23-27)14-9-5-3-6-10-14/h3,5-6,9-10,13H,4,7-8,11-12H2,1-2H3. The summed E-state index contributed by atoms with van der Waals surface area (Å²) in [7, 11) is 3.10. The summed E-state index contributed by atoms with van der Waals surface area (Å²) in [5, 5.41) is 12.6. The zero-order valence-corrected chi connectivity index (χ0v) is 16.4. The summed E-state index contributed by atoms with van der Waals surface area (Å²) in [4.78, 5) is 30.3. The number of hydrogen-bond donors (Lipinski definition) is 0. The number of nitrogens with zero attached hydrogens (tertiary/aromatic N) is 8. The lowest BCUT2D eigenvalue weighted by Crippen LogP contribution is -2.37. The lowest BCUT2D eigenvalue weighted by molar-refractivity contribution is 0.472. The van der Waals surface area contributed by atoms with Gasteiger partial charge in [0.15, 0.2) is 11.2 Å². The number of tetrazole rings is 1. The van der Waals surface area contributed by atoms with Crippen LogP contribution >= 0.6 is 0 Å². The Morgan fingerprint density at radius 2 is 1.69 bits per heavy atom. The van der Waals surface area contributed by atoms with Crippen LogP contribution in [0.1, 0.15) is 19.3 Å². The highest BCUT2D eigenvalue weighted by molar-refractivity contribution is 5.69. The van der Waals surface area contributed by atoms with Crippen LogP contribution in [0.5, 0.6) is 0 Å². The fourth-order valence-corrected chi connectivity index (χ4v) is 3.32. The molecule has 0 aliphatic carbocycles. The van der Waals surface area contributed by atoms with Gasteiger partial charge in [-0.05, 0) is 24.5 Å². The molecule has 0 radical (unpaired) electrons. The molecule has 0 N–H and O–H groups in total. The van der Waals surface area contributed by atoms with Crippen LogP contribution in [0, 0.1) is 0 Å². The van der Waals surface area contributed by atoms with Crippen LogP contribution in [0.15, 0.2) is 46.2 Å². The van der Waals surface area contributed by atoms with Crippen molar-refractivity contribution in [2.75, 3.05) is 0 Å². The Labute approximate surface area is 166 Å². The highest BCUT2D eigenvalue weighted by Crippen LogP contribution is 2.12. The second-order valence-electron chi connectivity index (χ2n) is 6.95. The van der Waals surface area contributed by atoms with E-state index in [1.165, 1.54) is 11.6 Å². The summed E-state index contributed by atoms with van der Waals surface area (Å²) < 4.78 is 4.33. The Morgan fingerprint density at radius 1 is 0.931 bits per heavy atom.